The highest BCUT2D eigenvalue weighted by Gasteiger charge is 2.49. The first-order valence-electron chi connectivity index (χ1n) is 14.2. The van der Waals surface area contributed by atoms with Crippen LogP contribution < -0.4 is 10.4 Å². The summed E-state index contributed by atoms with van der Waals surface area (Å²) in [5.41, 5.74) is 1.77. The van der Waals surface area contributed by atoms with Gasteiger partial charge in [0, 0.05) is 11.5 Å². The molecule has 206 valence electrons. The monoisotopic (exact) mass is 534 g/mol. The van der Waals surface area contributed by atoms with Gasteiger partial charge >= 0.3 is 14.5 Å². The molecule has 1 aliphatic heterocycles. The molecule has 4 nitrogen and oxygen atoms in total. The normalized spacial score (nSPS) is 24.0. The summed E-state index contributed by atoms with van der Waals surface area (Å²) in [4.78, 5) is 12.2. The second kappa shape index (κ2) is 14.6. The van der Waals surface area contributed by atoms with Crippen molar-refractivity contribution in [3.63, 3.8) is 0 Å². The molecule has 0 saturated heterocycles. The van der Waals surface area contributed by atoms with Gasteiger partial charge in [-0.25, -0.2) is 4.79 Å². The Labute approximate surface area is 231 Å². The summed E-state index contributed by atoms with van der Waals surface area (Å²) in [7, 11) is -1.72. The lowest BCUT2D eigenvalue weighted by atomic mass is 9.91. The van der Waals surface area contributed by atoms with Gasteiger partial charge in [0.2, 0.25) is 0 Å². The van der Waals surface area contributed by atoms with Crippen molar-refractivity contribution in [2.75, 3.05) is 7.11 Å². The number of esters is 1. The van der Waals surface area contributed by atoms with Crippen molar-refractivity contribution >= 4 is 24.9 Å². The number of carbonyl (C=O) groups is 1. The van der Waals surface area contributed by atoms with Gasteiger partial charge in [-0.3, -0.25) is 0 Å². The Hall–Kier alpha value is -2.47. The summed E-state index contributed by atoms with van der Waals surface area (Å²) in [5, 5.41) is 2.21. The molecular weight excluding hydrogens is 488 g/mol. The quantitative estimate of drug-likeness (QED) is 0.105. The highest BCUT2D eigenvalue weighted by Crippen LogP contribution is 2.32. The van der Waals surface area contributed by atoms with E-state index in [1.807, 2.05) is 18.2 Å². The molecule has 0 radical (unpaired) electrons. The largest absolute Gasteiger partial charge is 0.466 e. The third-order valence-electron chi connectivity index (χ3n) is 7.57. The molecule has 0 aromatic heterocycles. The fraction of sp³-hybridized carbons (Fsp3) is 0.485. The summed E-state index contributed by atoms with van der Waals surface area (Å²) < 4.78 is 19.6. The van der Waals surface area contributed by atoms with Crippen molar-refractivity contribution in [2.45, 2.75) is 85.4 Å². The summed E-state index contributed by atoms with van der Waals surface area (Å²) >= 11 is 0. The smallest absolute Gasteiger partial charge is 0.407 e. The first-order valence-corrected chi connectivity index (χ1v) is 16.1. The number of rotatable bonds is 11. The van der Waals surface area contributed by atoms with Crippen molar-refractivity contribution in [1.29, 1.82) is 0 Å². The summed E-state index contributed by atoms with van der Waals surface area (Å²) in [6.45, 7) is 10.6. The predicted octanol–water partition coefficient (Wildman–Crippen LogP) is 6.73. The van der Waals surface area contributed by atoms with E-state index in [0.29, 0.717) is 5.57 Å². The molecule has 1 heterocycles. The van der Waals surface area contributed by atoms with Gasteiger partial charge in [0.1, 0.15) is 0 Å². The molecule has 38 heavy (non-hydrogen) atoms. The molecule has 4 atom stereocenters. The Morgan fingerprint density at radius 3 is 2.11 bits per heavy atom. The molecular formula is C33H46O4Si. The second-order valence-electron chi connectivity index (χ2n) is 10.7. The molecule has 5 heteroatoms. The number of carbonyl (C=O) groups excluding carboxylic acids is 1. The van der Waals surface area contributed by atoms with E-state index in [0.717, 1.165) is 23.2 Å². The standard InChI is InChI=1S/C33H46O4Si/c1-7-8-9-10-17-22-31-25(2)23-26(3)32(27(4)24-28(5)33(34)35-6)37-38(36-31,29-18-13-11-14-19-29)30-20-15-12-16-21-30/h11-16,18-21,23-25,27,31-32H,7-10,17,22H2,1-6H3/b26-23+,28-24+/t25-,27-,31+,32+/m0/s1. The molecule has 0 aliphatic carbocycles. The molecule has 3 rings (SSSR count). The van der Waals surface area contributed by atoms with E-state index in [4.69, 9.17) is 13.6 Å². The Morgan fingerprint density at radius 1 is 0.974 bits per heavy atom. The SMILES string of the molecule is CCCCCCC[C@H]1O[Si](c2ccccc2)(c2ccccc2)O[C@@H]([C@@H](C)/C=C(\C)C(=O)OC)/C(C)=C/[C@@H]1C. The molecule has 2 aromatic rings. The zero-order chi connectivity index (χ0) is 27.5. The van der Waals surface area contributed by atoms with Crippen molar-refractivity contribution < 1.29 is 18.4 Å². The van der Waals surface area contributed by atoms with E-state index < -0.39 is 8.56 Å². The van der Waals surface area contributed by atoms with Crippen LogP contribution in [0.3, 0.4) is 0 Å². The molecule has 0 unspecified atom stereocenters. The fourth-order valence-electron chi connectivity index (χ4n) is 5.49. The average molecular weight is 535 g/mol. The van der Waals surface area contributed by atoms with E-state index >= 15 is 0 Å². The van der Waals surface area contributed by atoms with Crippen LogP contribution >= 0.6 is 0 Å². The van der Waals surface area contributed by atoms with Gasteiger partial charge in [0.05, 0.1) is 19.3 Å². The van der Waals surface area contributed by atoms with Crippen molar-refractivity contribution in [1.82, 2.24) is 0 Å². The minimum atomic E-state index is -3.14. The van der Waals surface area contributed by atoms with E-state index in [1.54, 1.807) is 6.92 Å². The summed E-state index contributed by atoms with van der Waals surface area (Å²) in [6.07, 6.45) is 11.3. The van der Waals surface area contributed by atoms with E-state index in [2.05, 4.69) is 82.3 Å². The van der Waals surface area contributed by atoms with E-state index in [1.165, 1.54) is 38.4 Å². The number of hydrogen-bond acceptors (Lipinski definition) is 4. The first kappa shape index (κ1) is 30.1. The van der Waals surface area contributed by atoms with Crippen molar-refractivity contribution in [2.24, 2.45) is 11.8 Å². The van der Waals surface area contributed by atoms with Gasteiger partial charge in [0.25, 0.3) is 0 Å². The maximum atomic E-state index is 12.2. The number of benzene rings is 2. The molecule has 0 fully saturated rings. The Bertz CT molecular complexity index is 1020. The number of unbranched alkanes of at least 4 members (excludes halogenated alkanes) is 4. The molecule has 2 aromatic carbocycles. The van der Waals surface area contributed by atoms with E-state index in [9.17, 15) is 4.79 Å². The summed E-state index contributed by atoms with van der Waals surface area (Å²) in [5.74, 6) is -0.123. The van der Waals surface area contributed by atoms with Crippen LogP contribution in [0.25, 0.3) is 0 Å². The minimum Gasteiger partial charge on any atom is -0.466 e. The lowest BCUT2D eigenvalue weighted by Crippen LogP contribution is -2.67. The number of methoxy groups -OCH3 is 1. The van der Waals surface area contributed by atoms with Crippen molar-refractivity contribution in [3.8, 4) is 0 Å². The second-order valence-corrected chi connectivity index (χ2v) is 13.6. The Morgan fingerprint density at radius 2 is 1.55 bits per heavy atom. The maximum Gasteiger partial charge on any atom is 0.407 e. The molecule has 0 bridgehead atoms. The zero-order valence-electron chi connectivity index (χ0n) is 24.1. The summed E-state index contributed by atoms with van der Waals surface area (Å²) in [6, 6.07) is 21.0. The van der Waals surface area contributed by atoms with Crippen LogP contribution in [0.2, 0.25) is 0 Å². The topological polar surface area (TPSA) is 44.8 Å². The van der Waals surface area contributed by atoms with Gasteiger partial charge in [-0.1, -0.05) is 126 Å². The van der Waals surface area contributed by atoms with Crippen LogP contribution in [-0.4, -0.2) is 33.8 Å². The van der Waals surface area contributed by atoms with Crippen LogP contribution in [0.1, 0.15) is 73.1 Å². The number of hydrogen-bond donors (Lipinski definition) is 0. The predicted molar refractivity (Wildman–Crippen MR) is 159 cm³/mol. The third kappa shape index (κ3) is 7.55. The van der Waals surface area contributed by atoms with Crippen LogP contribution in [0.4, 0.5) is 0 Å². The Kier molecular flexibility index (Phi) is 11.6. The maximum absolute atomic E-state index is 12.2. The zero-order valence-corrected chi connectivity index (χ0v) is 25.1. The van der Waals surface area contributed by atoms with Crippen LogP contribution in [0.5, 0.6) is 0 Å². The van der Waals surface area contributed by atoms with Crippen molar-refractivity contribution in [3.05, 3.63) is 84.0 Å². The first-order chi connectivity index (χ1) is 18.3. The van der Waals surface area contributed by atoms with Crippen LogP contribution in [0.15, 0.2) is 84.0 Å². The molecule has 0 amide bonds. The number of ether oxygens (including phenoxy) is 1. The van der Waals surface area contributed by atoms with Gasteiger partial charge in [-0.05, 0) is 42.1 Å². The van der Waals surface area contributed by atoms with Gasteiger partial charge < -0.3 is 13.6 Å². The molecule has 0 N–H and O–H groups in total. The van der Waals surface area contributed by atoms with E-state index in [-0.39, 0.29) is 30.0 Å². The molecule has 1 aliphatic rings. The fourth-order valence-corrected chi connectivity index (χ4v) is 9.21. The van der Waals surface area contributed by atoms with Gasteiger partial charge in [0.15, 0.2) is 0 Å². The highest BCUT2D eigenvalue weighted by atomic mass is 28.4. The van der Waals surface area contributed by atoms with Gasteiger partial charge in [-0.2, -0.15) is 0 Å². The lowest BCUT2D eigenvalue weighted by molar-refractivity contribution is -0.136. The average Bonchev–Trinajstić information content (AvgIpc) is 2.93. The highest BCUT2D eigenvalue weighted by molar-refractivity contribution is 6.92. The lowest BCUT2D eigenvalue weighted by Gasteiger charge is -2.43. The van der Waals surface area contributed by atoms with Gasteiger partial charge in [-0.15, -0.1) is 0 Å². The van der Waals surface area contributed by atoms with Crippen LogP contribution in [-0.2, 0) is 18.4 Å². The molecule has 0 saturated carbocycles. The Balaban J connectivity index is 2.11. The van der Waals surface area contributed by atoms with Crippen LogP contribution in [0, 0.1) is 11.8 Å². The third-order valence-corrected chi connectivity index (χ3v) is 11.0. The minimum absolute atomic E-state index is 0.0500. The molecule has 0 spiro atoms.